The fraction of sp³-hybridized carbons (Fsp3) is 0.400. The van der Waals surface area contributed by atoms with Crippen LogP contribution < -0.4 is 0 Å². The Morgan fingerprint density at radius 1 is 1.31 bits per heavy atom. The van der Waals surface area contributed by atoms with E-state index in [0.29, 0.717) is 18.6 Å². The molecule has 0 fully saturated rings. The van der Waals surface area contributed by atoms with Gasteiger partial charge < -0.3 is 0 Å². The average molecular weight is 216 g/mol. The Morgan fingerprint density at radius 3 is 2.62 bits per heavy atom. The van der Waals surface area contributed by atoms with Crippen molar-refractivity contribution in [1.29, 1.82) is 0 Å². The Bertz CT molecular complexity index is 377. The van der Waals surface area contributed by atoms with E-state index >= 15 is 0 Å². The van der Waals surface area contributed by atoms with Crippen LogP contribution in [0.4, 0.5) is 0 Å². The SMILES string of the molecule is C=C(CC)CC(=O)CCc1ccccc1C. The molecule has 0 bridgehead atoms. The number of hydrogen-bond acceptors (Lipinski definition) is 1. The molecule has 86 valence electrons. The molecule has 1 rings (SSSR count). The summed E-state index contributed by atoms with van der Waals surface area (Å²) in [6.07, 6.45) is 2.92. The lowest BCUT2D eigenvalue weighted by Crippen LogP contribution is -2.02. The highest BCUT2D eigenvalue weighted by molar-refractivity contribution is 5.80. The topological polar surface area (TPSA) is 17.1 Å². The van der Waals surface area contributed by atoms with Crippen molar-refractivity contribution in [2.45, 2.75) is 39.5 Å². The third-order valence-electron chi connectivity index (χ3n) is 2.88. The number of Topliss-reactive ketones (excluding diaryl/α,β-unsaturated/α-hetero) is 1. The van der Waals surface area contributed by atoms with Gasteiger partial charge in [-0.05, 0) is 30.9 Å². The van der Waals surface area contributed by atoms with E-state index in [1.807, 2.05) is 19.1 Å². The Hall–Kier alpha value is -1.37. The zero-order chi connectivity index (χ0) is 12.0. The molecule has 0 aliphatic carbocycles. The molecule has 1 aromatic rings. The molecule has 0 aliphatic rings. The molecule has 0 radical (unpaired) electrons. The van der Waals surface area contributed by atoms with Gasteiger partial charge in [0.05, 0.1) is 0 Å². The minimum absolute atomic E-state index is 0.301. The minimum atomic E-state index is 0.301. The average Bonchev–Trinajstić information content (AvgIpc) is 2.28. The number of hydrogen-bond donors (Lipinski definition) is 0. The summed E-state index contributed by atoms with van der Waals surface area (Å²) in [6, 6.07) is 8.24. The molecule has 0 aliphatic heterocycles. The second kappa shape index (κ2) is 6.26. The van der Waals surface area contributed by atoms with Crippen LogP contribution in [0.5, 0.6) is 0 Å². The van der Waals surface area contributed by atoms with E-state index in [0.717, 1.165) is 18.4 Å². The number of allylic oxidation sites excluding steroid dienone is 1. The zero-order valence-electron chi connectivity index (χ0n) is 10.3. The van der Waals surface area contributed by atoms with Crippen molar-refractivity contribution < 1.29 is 4.79 Å². The minimum Gasteiger partial charge on any atom is -0.299 e. The molecule has 1 aromatic carbocycles. The number of aryl methyl sites for hydroxylation is 2. The van der Waals surface area contributed by atoms with E-state index < -0.39 is 0 Å². The highest BCUT2D eigenvalue weighted by Crippen LogP contribution is 2.12. The number of carbonyl (C=O) groups excluding carboxylic acids is 1. The summed E-state index contributed by atoms with van der Waals surface area (Å²) in [4.78, 5) is 11.6. The first-order valence-electron chi connectivity index (χ1n) is 5.86. The summed E-state index contributed by atoms with van der Waals surface area (Å²) in [5.41, 5.74) is 3.58. The molecule has 0 aromatic heterocycles. The van der Waals surface area contributed by atoms with Gasteiger partial charge in [-0.2, -0.15) is 0 Å². The maximum absolute atomic E-state index is 11.6. The molecule has 0 heterocycles. The van der Waals surface area contributed by atoms with E-state index in [9.17, 15) is 4.79 Å². The predicted molar refractivity (Wildman–Crippen MR) is 68.6 cm³/mol. The number of ketones is 1. The molecule has 1 nitrogen and oxygen atoms in total. The van der Waals surface area contributed by atoms with Crippen LogP contribution in [0.2, 0.25) is 0 Å². The van der Waals surface area contributed by atoms with Gasteiger partial charge in [0, 0.05) is 12.8 Å². The van der Waals surface area contributed by atoms with E-state index in [4.69, 9.17) is 0 Å². The Morgan fingerprint density at radius 2 is 2.00 bits per heavy atom. The Labute approximate surface area is 98.2 Å². The van der Waals surface area contributed by atoms with Gasteiger partial charge in [-0.1, -0.05) is 43.3 Å². The maximum atomic E-state index is 11.6. The van der Waals surface area contributed by atoms with Crippen LogP contribution in [0.25, 0.3) is 0 Å². The molecule has 16 heavy (non-hydrogen) atoms. The lowest BCUT2D eigenvalue weighted by molar-refractivity contribution is -0.118. The summed E-state index contributed by atoms with van der Waals surface area (Å²) in [7, 11) is 0. The Balaban J connectivity index is 2.43. The predicted octanol–water partition coefficient (Wildman–Crippen LogP) is 3.85. The number of benzene rings is 1. The summed E-state index contributed by atoms with van der Waals surface area (Å²) in [5, 5.41) is 0. The first kappa shape index (κ1) is 12.7. The lowest BCUT2D eigenvalue weighted by atomic mass is 10.00. The van der Waals surface area contributed by atoms with Gasteiger partial charge in [-0.15, -0.1) is 0 Å². The van der Waals surface area contributed by atoms with Crippen LogP contribution >= 0.6 is 0 Å². The molecule has 0 N–H and O–H groups in total. The molecule has 0 saturated heterocycles. The highest BCUT2D eigenvalue weighted by Gasteiger charge is 2.05. The Kier molecular flexibility index (Phi) is 4.97. The van der Waals surface area contributed by atoms with Gasteiger partial charge in [0.15, 0.2) is 0 Å². The normalized spacial score (nSPS) is 10.1. The van der Waals surface area contributed by atoms with E-state index in [-0.39, 0.29) is 0 Å². The van der Waals surface area contributed by atoms with Crippen LogP contribution in [-0.2, 0) is 11.2 Å². The summed E-state index contributed by atoms with van der Waals surface area (Å²) < 4.78 is 0. The number of carbonyl (C=O) groups is 1. The molecule has 0 amide bonds. The largest absolute Gasteiger partial charge is 0.299 e. The summed E-state index contributed by atoms with van der Waals surface area (Å²) in [5.74, 6) is 0.301. The van der Waals surface area contributed by atoms with Crippen LogP contribution in [0.1, 0.15) is 37.3 Å². The van der Waals surface area contributed by atoms with E-state index in [1.54, 1.807) is 0 Å². The quantitative estimate of drug-likeness (QED) is 0.660. The molecular formula is C15H20O. The third kappa shape index (κ3) is 4.01. The fourth-order valence-electron chi connectivity index (χ4n) is 1.66. The monoisotopic (exact) mass is 216 g/mol. The lowest BCUT2D eigenvalue weighted by Gasteiger charge is -2.05. The molecule has 0 spiro atoms. The van der Waals surface area contributed by atoms with E-state index in [2.05, 4.69) is 25.6 Å². The van der Waals surface area contributed by atoms with Gasteiger partial charge in [-0.25, -0.2) is 0 Å². The van der Waals surface area contributed by atoms with Crippen molar-refractivity contribution >= 4 is 5.78 Å². The van der Waals surface area contributed by atoms with Gasteiger partial charge in [0.2, 0.25) is 0 Å². The molecule has 0 atom stereocenters. The highest BCUT2D eigenvalue weighted by atomic mass is 16.1. The van der Waals surface area contributed by atoms with Gasteiger partial charge in [-0.3, -0.25) is 4.79 Å². The molecule has 0 saturated carbocycles. The van der Waals surface area contributed by atoms with Gasteiger partial charge in [0.1, 0.15) is 5.78 Å². The van der Waals surface area contributed by atoms with Crippen LogP contribution in [0, 0.1) is 6.92 Å². The van der Waals surface area contributed by atoms with Crippen molar-refractivity contribution in [3.63, 3.8) is 0 Å². The third-order valence-corrected chi connectivity index (χ3v) is 2.88. The summed E-state index contributed by atoms with van der Waals surface area (Å²) >= 11 is 0. The molecule has 0 unspecified atom stereocenters. The van der Waals surface area contributed by atoms with Crippen molar-refractivity contribution in [3.8, 4) is 0 Å². The molecular weight excluding hydrogens is 196 g/mol. The van der Waals surface area contributed by atoms with E-state index in [1.165, 1.54) is 11.1 Å². The van der Waals surface area contributed by atoms with Gasteiger partial charge in [0.25, 0.3) is 0 Å². The zero-order valence-corrected chi connectivity index (χ0v) is 10.3. The second-order valence-corrected chi connectivity index (χ2v) is 4.25. The van der Waals surface area contributed by atoms with Crippen molar-refractivity contribution in [2.24, 2.45) is 0 Å². The van der Waals surface area contributed by atoms with Crippen molar-refractivity contribution in [3.05, 3.63) is 47.5 Å². The maximum Gasteiger partial charge on any atom is 0.137 e. The van der Waals surface area contributed by atoms with Crippen LogP contribution in [0.3, 0.4) is 0 Å². The van der Waals surface area contributed by atoms with Crippen molar-refractivity contribution in [1.82, 2.24) is 0 Å². The summed E-state index contributed by atoms with van der Waals surface area (Å²) in [6.45, 7) is 7.99. The first-order valence-corrected chi connectivity index (χ1v) is 5.86. The second-order valence-electron chi connectivity index (χ2n) is 4.25. The van der Waals surface area contributed by atoms with Crippen LogP contribution in [0.15, 0.2) is 36.4 Å². The first-order chi connectivity index (χ1) is 7.63. The van der Waals surface area contributed by atoms with Gasteiger partial charge >= 0.3 is 0 Å². The smallest absolute Gasteiger partial charge is 0.137 e. The number of rotatable bonds is 6. The van der Waals surface area contributed by atoms with Crippen LogP contribution in [-0.4, -0.2) is 5.78 Å². The van der Waals surface area contributed by atoms with Crippen molar-refractivity contribution in [2.75, 3.05) is 0 Å². The standard InChI is InChI=1S/C15H20O/c1-4-12(2)11-15(16)10-9-14-8-6-5-7-13(14)3/h5-8H,2,4,9-11H2,1,3H3. The molecule has 1 heteroatoms. The fourth-order valence-corrected chi connectivity index (χ4v) is 1.66.